The third kappa shape index (κ3) is 4.51. The second kappa shape index (κ2) is 8.13. The van der Waals surface area contributed by atoms with E-state index < -0.39 is 0 Å². The average molecular weight is 364 g/mol. The molecule has 0 saturated carbocycles. The van der Waals surface area contributed by atoms with Crippen LogP contribution in [0.25, 0.3) is 0 Å². The van der Waals surface area contributed by atoms with Crippen LogP contribution in [0.15, 0.2) is 48.5 Å². The van der Waals surface area contributed by atoms with Crippen molar-refractivity contribution in [3.8, 4) is 5.75 Å². The van der Waals surface area contributed by atoms with Crippen LogP contribution in [0.2, 0.25) is 0 Å². The Morgan fingerprint density at radius 1 is 1.11 bits per heavy atom. The number of hydrogen-bond donors (Lipinski definition) is 2. The molecule has 1 amide bonds. The zero-order valence-electron chi connectivity index (χ0n) is 15.9. The highest BCUT2D eigenvalue weighted by Crippen LogP contribution is 2.33. The molecule has 2 atom stereocenters. The van der Waals surface area contributed by atoms with Gasteiger partial charge in [0, 0.05) is 36.2 Å². The molecule has 2 bridgehead atoms. The molecule has 2 aliphatic heterocycles. The first-order valence-corrected chi connectivity index (χ1v) is 9.96. The summed E-state index contributed by atoms with van der Waals surface area (Å²) in [5.74, 6) is 1.48. The third-order valence-electron chi connectivity index (χ3n) is 5.85. The Morgan fingerprint density at radius 3 is 2.56 bits per heavy atom. The van der Waals surface area contributed by atoms with E-state index in [0.717, 1.165) is 36.3 Å². The largest absolute Gasteiger partial charge is 0.496 e. The summed E-state index contributed by atoms with van der Waals surface area (Å²) in [4.78, 5) is 12.6. The number of nitrogens with one attached hydrogen (secondary N) is 2. The van der Waals surface area contributed by atoms with Crippen LogP contribution in [0.4, 0.5) is 5.69 Å². The van der Waals surface area contributed by atoms with Crippen molar-refractivity contribution in [1.29, 1.82) is 0 Å². The molecule has 2 aromatic rings. The van der Waals surface area contributed by atoms with Crippen molar-refractivity contribution in [2.24, 2.45) is 5.92 Å². The van der Waals surface area contributed by atoms with Crippen LogP contribution in [-0.2, 0) is 11.2 Å². The number of hydrogen-bond acceptors (Lipinski definition) is 3. The van der Waals surface area contributed by atoms with Gasteiger partial charge in [-0.1, -0.05) is 30.3 Å². The molecule has 27 heavy (non-hydrogen) atoms. The summed E-state index contributed by atoms with van der Waals surface area (Å²) >= 11 is 0. The third-order valence-corrected chi connectivity index (χ3v) is 5.85. The van der Waals surface area contributed by atoms with Crippen molar-refractivity contribution in [2.45, 2.75) is 50.6 Å². The van der Waals surface area contributed by atoms with E-state index in [1.165, 1.54) is 18.4 Å². The molecule has 4 nitrogen and oxygen atoms in total. The Balaban J connectivity index is 1.41. The number of carbonyl (C=O) groups is 1. The van der Waals surface area contributed by atoms with Crippen LogP contribution in [0.1, 0.15) is 43.2 Å². The number of methoxy groups -OCH3 is 1. The highest BCUT2D eigenvalue weighted by Gasteiger charge is 2.34. The number of ether oxygens (including phenoxy) is 1. The molecule has 2 N–H and O–H groups in total. The number of carbonyl (C=O) groups excluding carboxylic acids is 1. The fraction of sp³-hybridized carbons (Fsp3) is 0.435. The van der Waals surface area contributed by atoms with Crippen LogP contribution >= 0.6 is 0 Å². The van der Waals surface area contributed by atoms with Gasteiger partial charge >= 0.3 is 0 Å². The molecule has 0 spiro atoms. The average Bonchev–Trinajstić information content (AvgIpc) is 3.01. The van der Waals surface area contributed by atoms with Gasteiger partial charge in [0.25, 0.3) is 0 Å². The van der Waals surface area contributed by atoms with Crippen molar-refractivity contribution in [3.63, 3.8) is 0 Å². The lowest BCUT2D eigenvalue weighted by Gasteiger charge is -2.28. The molecule has 2 aromatic carbocycles. The first kappa shape index (κ1) is 18.1. The number of rotatable bonds is 6. The fourth-order valence-corrected chi connectivity index (χ4v) is 4.63. The van der Waals surface area contributed by atoms with Gasteiger partial charge in [0.15, 0.2) is 0 Å². The first-order chi connectivity index (χ1) is 13.2. The lowest BCUT2D eigenvalue weighted by atomic mass is 9.89. The van der Waals surface area contributed by atoms with Gasteiger partial charge in [-0.05, 0) is 55.4 Å². The molecule has 0 aromatic heterocycles. The second-order valence-electron chi connectivity index (χ2n) is 7.92. The first-order valence-electron chi connectivity index (χ1n) is 9.96. The highest BCUT2D eigenvalue weighted by atomic mass is 16.5. The van der Waals surface area contributed by atoms with E-state index in [0.29, 0.717) is 24.4 Å². The van der Waals surface area contributed by atoms with E-state index >= 15 is 0 Å². The maximum absolute atomic E-state index is 12.6. The SMILES string of the molecule is COc1ccc(NC(=O)CC2CC3CCC(C2)N3)cc1Cc1ccccc1. The van der Waals surface area contributed by atoms with E-state index in [-0.39, 0.29) is 5.91 Å². The molecular formula is C23H28N2O2. The Bertz CT molecular complexity index is 778. The minimum atomic E-state index is 0.122. The van der Waals surface area contributed by atoms with E-state index in [1.807, 2.05) is 36.4 Å². The van der Waals surface area contributed by atoms with Gasteiger partial charge in [-0.25, -0.2) is 0 Å². The van der Waals surface area contributed by atoms with Gasteiger partial charge in [-0.3, -0.25) is 4.79 Å². The monoisotopic (exact) mass is 364 g/mol. The molecule has 0 aliphatic carbocycles. The number of amides is 1. The van der Waals surface area contributed by atoms with Crippen LogP contribution in [-0.4, -0.2) is 25.1 Å². The van der Waals surface area contributed by atoms with Crippen LogP contribution in [0.3, 0.4) is 0 Å². The molecule has 2 heterocycles. The van der Waals surface area contributed by atoms with Crippen molar-refractivity contribution < 1.29 is 9.53 Å². The van der Waals surface area contributed by atoms with Crippen molar-refractivity contribution in [1.82, 2.24) is 5.32 Å². The van der Waals surface area contributed by atoms with E-state index in [1.54, 1.807) is 7.11 Å². The van der Waals surface area contributed by atoms with E-state index in [2.05, 4.69) is 22.8 Å². The summed E-state index contributed by atoms with van der Waals surface area (Å²) < 4.78 is 5.51. The maximum Gasteiger partial charge on any atom is 0.224 e. The summed E-state index contributed by atoms with van der Waals surface area (Å²) in [5, 5.41) is 6.74. The van der Waals surface area contributed by atoms with E-state index in [4.69, 9.17) is 4.74 Å². The zero-order valence-corrected chi connectivity index (χ0v) is 15.9. The van der Waals surface area contributed by atoms with Gasteiger partial charge in [-0.15, -0.1) is 0 Å². The highest BCUT2D eigenvalue weighted by molar-refractivity contribution is 5.91. The Morgan fingerprint density at radius 2 is 1.85 bits per heavy atom. The molecule has 2 saturated heterocycles. The molecule has 2 fully saturated rings. The minimum absolute atomic E-state index is 0.122. The number of piperidine rings is 1. The number of anilines is 1. The molecule has 142 valence electrons. The summed E-state index contributed by atoms with van der Waals surface area (Å²) in [7, 11) is 1.69. The summed E-state index contributed by atoms with van der Waals surface area (Å²) in [6.07, 6.45) is 6.20. The molecular weight excluding hydrogens is 336 g/mol. The molecule has 2 unspecified atom stereocenters. The standard InChI is InChI=1S/C23H28N2O2/c1-27-22-10-9-21(15-18(22)11-16-5-3-2-4-6-16)25-23(26)14-17-12-19-7-8-20(13-17)24-19/h2-6,9-10,15,17,19-20,24H,7-8,11-14H2,1H3,(H,25,26). The lowest BCUT2D eigenvalue weighted by molar-refractivity contribution is -0.117. The summed E-state index contributed by atoms with van der Waals surface area (Å²) in [5.41, 5.74) is 3.16. The normalized spacial score (nSPS) is 23.8. The predicted molar refractivity (Wildman–Crippen MR) is 108 cm³/mol. The Labute approximate surface area is 161 Å². The smallest absolute Gasteiger partial charge is 0.224 e. The molecule has 4 heteroatoms. The number of fused-ring (bicyclic) bond motifs is 2. The zero-order chi connectivity index (χ0) is 18.6. The minimum Gasteiger partial charge on any atom is -0.496 e. The van der Waals surface area contributed by atoms with Gasteiger partial charge in [-0.2, -0.15) is 0 Å². The van der Waals surface area contributed by atoms with Crippen molar-refractivity contribution >= 4 is 11.6 Å². The van der Waals surface area contributed by atoms with Crippen molar-refractivity contribution in [3.05, 3.63) is 59.7 Å². The van der Waals surface area contributed by atoms with Gasteiger partial charge in [0.2, 0.25) is 5.91 Å². The maximum atomic E-state index is 12.6. The Kier molecular flexibility index (Phi) is 5.44. The van der Waals surface area contributed by atoms with Crippen LogP contribution in [0.5, 0.6) is 5.75 Å². The summed E-state index contributed by atoms with van der Waals surface area (Å²) in [6.45, 7) is 0. The quantitative estimate of drug-likeness (QED) is 0.810. The van der Waals surface area contributed by atoms with Gasteiger partial charge in [0.05, 0.1) is 7.11 Å². The Hall–Kier alpha value is -2.33. The van der Waals surface area contributed by atoms with Crippen LogP contribution in [0, 0.1) is 5.92 Å². The van der Waals surface area contributed by atoms with Gasteiger partial charge < -0.3 is 15.4 Å². The second-order valence-corrected chi connectivity index (χ2v) is 7.92. The lowest BCUT2D eigenvalue weighted by Crippen LogP contribution is -2.39. The predicted octanol–water partition coefficient (Wildman–Crippen LogP) is 4.15. The topological polar surface area (TPSA) is 50.4 Å². The molecule has 0 radical (unpaired) electrons. The van der Waals surface area contributed by atoms with Crippen LogP contribution < -0.4 is 15.4 Å². The van der Waals surface area contributed by atoms with E-state index in [9.17, 15) is 4.79 Å². The van der Waals surface area contributed by atoms with Gasteiger partial charge in [0.1, 0.15) is 5.75 Å². The fourth-order valence-electron chi connectivity index (χ4n) is 4.63. The van der Waals surface area contributed by atoms with Crippen molar-refractivity contribution in [2.75, 3.05) is 12.4 Å². The summed E-state index contributed by atoms with van der Waals surface area (Å²) in [6, 6.07) is 17.5. The molecule has 2 aliphatic rings. The molecule has 4 rings (SSSR count). The number of benzene rings is 2.